The predicted octanol–water partition coefficient (Wildman–Crippen LogP) is 5.75. The number of amides is 3. The largest absolute Gasteiger partial charge is 0.457 e. The Kier molecular flexibility index (Phi) is 6.50. The first kappa shape index (κ1) is 23.2. The molecule has 1 atom stereocenters. The number of nitrogens with one attached hydrogen (secondary N) is 1. The fraction of sp³-hybridized carbons (Fsp3) is 0.250. The second kappa shape index (κ2) is 9.51. The van der Waals surface area contributed by atoms with Gasteiger partial charge in [-0.25, -0.2) is 0 Å². The van der Waals surface area contributed by atoms with Crippen molar-refractivity contribution in [2.75, 3.05) is 5.32 Å². The minimum absolute atomic E-state index is 0.105. The van der Waals surface area contributed by atoms with Crippen LogP contribution in [-0.4, -0.2) is 28.7 Å². The molecule has 0 unspecified atom stereocenters. The smallest absolute Gasteiger partial charge is 0.262 e. The summed E-state index contributed by atoms with van der Waals surface area (Å²) in [7, 11) is 0. The topological polar surface area (TPSA) is 75.7 Å². The Balaban J connectivity index is 1.51. The molecule has 4 rings (SSSR count). The highest BCUT2D eigenvalue weighted by atomic mass is 16.5. The molecule has 3 aromatic rings. The number of hydrogen-bond donors (Lipinski definition) is 1. The van der Waals surface area contributed by atoms with Gasteiger partial charge >= 0.3 is 0 Å². The highest BCUT2D eigenvalue weighted by Gasteiger charge is 2.42. The summed E-state index contributed by atoms with van der Waals surface area (Å²) in [5.74, 6) is 0.266. The lowest BCUT2D eigenvalue weighted by Gasteiger charge is -2.26. The Morgan fingerprint density at radius 3 is 2.09 bits per heavy atom. The summed E-state index contributed by atoms with van der Waals surface area (Å²) in [6.45, 7) is 7.95. The third-order valence-electron chi connectivity index (χ3n) is 6.04. The Hall–Kier alpha value is -3.93. The van der Waals surface area contributed by atoms with Gasteiger partial charge in [-0.05, 0) is 79.8 Å². The van der Waals surface area contributed by atoms with E-state index in [-0.39, 0.29) is 5.92 Å². The number of nitrogens with zero attached hydrogens (tertiary/aromatic N) is 1. The van der Waals surface area contributed by atoms with E-state index in [1.54, 1.807) is 48.5 Å². The maximum absolute atomic E-state index is 13.2. The van der Waals surface area contributed by atoms with Gasteiger partial charge in [0, 0.05) is 5.69 Å². The quantitative estimate of drug-likeness (QED) is 0.460. The normalized spacial score (nSPS) is 13.7. The van der Waals surface area contributed by atoms with Crippen LogP contribution in [0.1, 0.15) is 52.1 Å². The zero-order chi connectivity index (χ0) is 24.4. The molecule has 0 aromatic heterocycles. The van der Waals surface area contributed by atoms with Crippen LogP contribution < -0.4 is 10.1 Å². The number of ether oxygens (including phenoxy) is 1. The molecule has 1 heterocycles. The molecule has 1 aliphatic heterocycles. The van der Waals surface area contributed by atoms with Gasteiger partial charge in [0.2, 0.25) is 5.91 Å². The lowest BCUT2D eigenvalue weighted by atomic mass is 10.0. The van der Waals surface area contributed by atoms with Crippen LogP contribution in [0.3, 0.4) is 0 Å². The number of benzene rings is 3. The SMILES string of the molecule is Cc1cccc(Oc2ccc(NC(=O)[C@@H](CC(C)C)N3C(=O)c4ccccc4C3=O)cc2)c1C. The van der Waals surface area contributed by atoms with Gasteiger partial charge < -0.3 is 10.1 Å². The van der Waals surface area contributed by atoms with E-state index < -0.39 is 23.8 Å². The maximum Gasteiger partial charge on any atom is 0.262 e. The van der Waals surface area contributed by atoms with Crippen LogP contribution in [-0.2, 0) is 4.79 Å². The number of anilines is 1. The Morgan fingerprint density at radius 1 is 0.882 bits per heavy atom. The summed E-state index contributed by atoms with van der Waals surface area (Å²) in [6.07, 6.45) is 0.366. The number of imide groups is 1. The zero-order valence-electron chi connectivity index (χ0n) is 19.8. The van der Waals surface area contributed by atoms with E-state index in [9.17, 15) is 14.4 Å². The lowest BCUT2D eigenvalue weighted by Crippen LogP contribution is -2.47. The molecule has 3 aromatic carbocycles. The standard InChI is InChI=1S/C28H28N2O4/c1-17(2)16-24(30-27(32)22-9-5-6-10-23(22)28(30)33)26(31)29-20-12-14-21(15-13-20)34-25-11-7-8-18(3)19(25)4/h5-15,17,24H,16H2,1-4H3,(H,29,31)/t24-/m1/s1. The van der Waals surface area contributed by atoms with E-state index in [0.717, 1.165) is 21.8 Å². The average Bonchev–Trinajstić information content (AvgIpc) is 3.06. The van der Waals surface area contributed by atoms with Crippen molar-refractivity contribution in [3.8, 4) is 11.5 Å². The molecule has 6 nitrogen and oxygen atoms in total. The van der Waals surface area contributed by atoms with Crippen LogP contribution in [0.5, 0.6) is 11.5 Å². The van der Waals surface area contributed by atoms with Gasteiger partial charge in [-0.15, -0.1) is 0 Å². The molecule has 6 heteroatoms. The molecule has 1 N–H and O–H groups in total. The van der Waals surface area contributed by atoms with Crippen LogP contribution in [0.15, 0.2) is 66.7 Å². The van der Waals surface area contributed by atoms with E-state index in [1.165, 1.54) is 0 Å². The molecule has 34 heavy (non-hydrogen) atoms. The van der Waals surface area contributed by atoms with Crippen molar-refractivity contribution in [2.24, 2.45) is 5.92 Å². The fourth-order valence-electron chi connectivity index (χ4n) is 4.06. The molecule has 0 bridgehead atoms. The van der Waals surface area contributed by atoms with Crippen molar-refractivity contribution in [2.45, 2.75) is 40.2 Å². The van der Waals surface area contributed by atoms with Crippen molar-refractivity contribution in [1.29, 1.82) is 0 Å². The van der Waals surface area contributed by atoms with Crippen molar-refractivity contribution < 1.29 is 19.1 Å². The molecule has 3 amide bonds. The van der Waals surface area contributed by atoms with Crippen molar-refractivity contribution in [3.05, 3.63) is 89.0 Å². The Morgan fingerprint density at radius 2 is 1.50 bits per heavy atom. The number of aryl methyl sites for hydroxylation is 1. The summed E-state index contributed by atoms with van der Waals surface area (Å²) >= 11 is 0. The first-order valence-electron chi connectivity index (χ1n) is 11.4. The monoisotopic (exact) mass is 456 g/mol. The number of carbonyl (C=O) groups is 3. The minimum Gasteiger partial charge on any atom is -0.457 e. The summed E-state index contributed by atoms with van der Waals surface area (Å²) in [5.41, 5.74) is 3.44. The third-order valence-corrected chi connectivity index (χ3v) is 6.04. The molecular formula is C28H28N2O4. The van der Waals surface area contributed by atoms with Crippen molar-refractivity contribution in [3.63, 3.8) is 0 Å². The lowest BCUT2D eigenvalue weighted by molar-refractivity contribution is -0.120. The Bertz CT molecular complexity index is 1210. The fourth-order valence-corrected chi connectivity index (χ4v) is 4.06. The van der Waals surface area contributed by atoms with Gasteiger partial charge in [-0.2, -0.15) is 0 Å². The highest BCUT2D eigenvalue weighted by Crippen LogP contribution is 2.29. The molecule has 174 valence electrons. The molecule has 0 fully saturated rings. The minimum atomic E-state index is -0.904. The van der Waals surface area contributed by atoms with Crippen LogP contribution >= 0.6 is 0 Å². The van der Waals surface area contributed by atoms with Gasteiger partial charge in [-0.3, -0.25) is 19.3 Å². The average molecular weight is 457 g/mol. The number of carbonyl (C=O) groups excluding carboxylic acids is 3. The van der Waals surface area contributed by atoms with Gasteiger partial charge in [0.05, 0.1) is 11.1 Å². The molecular weight excluding hydrogens is 428 g/mol. The second-order valence-corrected chi connectivity index (χ2v) is 8.98. The molecule has 0 saturated heterocycles. The molecule has 0 aliphatic carbocycles. The molecule has 0 saturated carbocycles. The van der Waals surface area contributed by atoms with Gasteiger partial charge in [0.15, 0.2) is 0 Å². The van der Waals surface area contributed by atoms with Gasteiger partial charge in [0.25, 0.3) is 11.8 Å². The Labute approximate surface area is 199 Å². The summed E-state index contributed by atoms with van der Waals surface area (Å²) in [5, 5.41) is 2.86. The van der Waals surface area contributed by atoms with Crippen LogP contribution in [0, 0.1) is 19.8 Å². The van der Waals surface area contributed by atoms with Crippen molar-refractivity contribution >= 4 is 23.4 Å². The molecule has 1 aliphatic rings. The first-order valence-corrected chi connectivity index (χ1v) is 11.4. The zero-order valence-corrected chi connectivity index (χ0v) is 19.8. The first-order chi connectivity index (χ1) is 16.3. The molecule has 0 radical (unpaired) electrons. The van der Waals surface area contributed by atoms with Crippen molar-refractivity contribution in [1.82, 2.24) is 4.90 Å². The maximum atomic E-state index is 13.2. The van der Waals surface area contributed by atoms with Gasteiger partial charge in [0.1, 0.15) is 17.5 Å². The number of fused-ring (bicyclic) bond motifs is 1. The molecule has 0 spiro atoms. The second-order valence-electron chi connectivity index (χ2n) is 8.98. The predicted molar refractivity (Wildman–Crippen MR) is 131 cm³/mol. The summed E-state index contributed by atoms with van der Waals surface area (Å²) in [4.78, 5) is 40.3. The highest BCUT2D eigenvalue weighted by molar-refractivity contribution is 6.23. The van der Waals surface area contributed by atoms with Crippen LogP contribution in [0.4, 0.5) is 5.69 Å². The summed E-state index contributed by atoms with van der Waals surface area (Å²) < 4.78 is 5.99. The van der Waals surface area contributed by atoms with Crippen LogP contribution in [0.2, 0.25) is 0 Å². The summed E-state index contributed by atoms with van der Waals surface area (Å²) in [6, 6.07) is 18.7. The van der Waals surface area contributed by atoms with E-state index in [2.05, 4.69) is 5.32 Å². The van der Waals surface area contributed by atoms with Gasteiger partial charge in [-0.1, -0.05) is 38.1 Å². The number of rotatable bonds is 7. The van der Waals surface area contributed by atoms with E-state index in [4.69, 9.17) is 4.74 Å². The van der Waals surface area contributed by atoms with Crippen LogP contribution in [0.25, 0.3) is 0 Å². The number of hydrogen-bond acceptors (Lipinski definition) is 4. The van der Waals surface area contributed by atoms with E-state index >= 15 is 0 Å². The van der Waals surface area contributed by atoms with E-state index in [0.29, 0.717) is 29.0 Å². The third kappa shape index (κ3) is 4.57. The van der Waals surface area contributed by atoms with E-state index in [1.807, 2.05) is 45.9 Å².